The molecule has 19 heavy (non-hydrogen) atoms. The standard InChI is InChI=1S/C10H18N6O3/c1-7(2)19-5-4-15(3)9-8(16(17)18)6-12-10(13-9)14-11/h6-7H,4-5,11H2,1-3H3,(H,12,13,14). The number of anilines is 2. The number of ether oxygens (including phenoxy) is 1. The van der Waals surface area contributed by atoms with Crippen LogP contribution in [0.25, 0.3) is 0 Å². The summed E-state index contributed by atoms with van der Waals surface area (Å²) < 4.78 is 5.40. The topological polar surface area (TPSA) is 119 Å². The number of aromatic nitrogens is 2. The molecule has 0 aliphatic carbocycles. The van der Waals surface area contributed by atoms with Crippen LogP contribution in [-0.2, 0) is 4.74 Å². The summed E-state index contributed by atoms with van der Waals surface area (Å²) in [6, 6.07) is 0. The van der Waals surface area contributed by atoms with Gasteiger partial charge in [-0.05, 0) is 13.8 Å². The molecule has 0 atom stereocenters. The molecule has 0 aliphatic rings. The van der Waals surface area contributed by atoms with Gasteiger partial charge in [-0.25, -0.2) is 10.8 Å². The summed E-state index contributed by atoms with van der Waals surface area (Å²) in [5.41, 5.74) is 2.09. The number of nitrogens with one attached hydrogen (secondary N) is 1. The van der Waals surface area contributed by atoms with E-state index in [-0.39, 0.29) is 23.6 Å². The molecule has 0 fully saturated rings. The second kappa shape index (κ2) is 6.81. The number of nitro groups is 1. The van der Waals surface area contributed by atoms with E-state index in [4.69, 9.17) is 10.6 Å². The molecule has 0 aromatic carbocycles. The van der Waals surface area contributed by atoms with Gasteiger partial charge in [0.15, 0.2) is 0 Å². The lowest BCUT2D eigenvalue weighted by Gasteiger charge is -2.19. The number of hydrogen-bond donors (Lipinski definition) is 2. The fraction of sp³-hybridized carbons (Fsp3) is 0.600. The maximum atomic E-state index is 10.9. The van der Waals surface area contributed by atoms with E-state index in [1.54, 1.807) is 11.9 Å². The predicted molar refractivity (Wildman–Crippen MR) is 70.9 cm³/mol. The van der Waals surface area contributed by atoms with E-state index < -0.39 is 4.92 Å². The number of nitrogen functional groups attached to an aromatic ring is 1. The minimum absolute atomic E-state index is 0.107. The first-order valence-electron chi connectivity index (χ1n) is 5.76. The number of hydrogen-bond acceptors (Lipinski definition) is 8. The third-order valence-corrected chi connectivity index (χ3v) is 2.32. The Bertz CT molecular complexity index is 439. The Labute approximate surface area is 110 Å². The number of likely N-dealkylation sites (N-methyl/N-ethyl adjacent to an activating group) is 1. The van der Waals surface area contributed by atoms with Crippen LogP contribution < -0.4 is 16.2 Å². The lowest BCUT2D eigenvalue weighted by molar-refractivity contribution is -0.384. The van der Waals surface area contributed by atoms with Gasteiger partial charge in [0, 0.05) is 13.6 Å². The highest BCUT2D eigenvalue weighted by Gasteiger charge is 2.20. The fourth-order valence-electron chi connectivity index (χ4n) is 1.38. The number of hydrazine groups is 1. The maximum absolute atomic E-state index is 10.9. The second-order valence-corrected chi connectivity index (χ2v) is 4.15. The molecule has 0 bridgehead atoms. The number of nitrogens with zero attached hydrogens (tertiary/aromatic N) is 4. The molecule has 0 amide bonds. The van der Waals surface area contributed by atoms with Crippen molar-refractivity contribution in [3.8, 4) is 0 Å². The van der Waals surface area contributed by atoms with Crippen LogP contribution >= 0.6 is 0 Å². The molecule has 0 radical (unpaired) electrons. The van der Waals surface area contributed by atoms with Gasteiger partial charge < -0.3 is 9.64 Å². The first-order valence-corrected chi connectivity index (χ1v) is 5.76. The van der Waals surface area contributed by atoms with Crippen LogP contribution in [0.3, 0.4) is 0 Å². The van der Waals surface area contributed by atoms with E-state index in [2.05, 4.69) is 15.4 Å². The van der Waals surface area contributed by atoms with Crippen LogP contribution in [0, 0.1) is 10.1 Å². The molecule has 0 saturated heterocycles. The number of nitrogens with two attached hydrogens (primary N) is 1. The van der Waals surface area contributed by atoms with E-state index in [0.717, 1.165) is 6.20 Å². The first kappa shape index (κ1) is 15.1. The molecular weight excluding hydrogens is 252 g/mol. The summed E-state index contributed by atoms with van der Waals surface area (Å²) >= 11 is 0. The zero-order valence-electron chi connectivity index (χ0n) is 11.2. The Hall–Kier alpha value is -2.00. The summed E-state index contributed by atoms with van der Waals surface area (Å²) in [5, 5.41) is 10.9. The van der Waals surface area contributed by atoms with Crippen molar-refractivity contribution in [2.75, 3.05) is 30.5 Å². The largest absolute Gasteiger partial charge is 0.377 e. The quantitative estimate of drug-likeness (QED) is 0.418. The van der Waals surface area contributed by atoms with Crippen LogP contribution in [0.1, 0.15) is 13.8 Å². The molecule has 1 heterocycles. The van der Waals surface area contributed by atoms with Gasteiger partial charge in [-0.1, -0.05) is 0 Å². The SMILES string of the molecule is CC(C)OCCN(C)c1nc(NN)ncc1[N+](=O)[O-]. The molecule has 0 aliphatic heterocycles. The third kappa shape index (κ3) is 4.30. The fourth-order valence-corrected chi connectivity index (χ4v) is 1.38. The van der Waals surface area contributed by atoms with Crippen LogP contribution in [0.2, 0.25) is 0 Å². The lowest BCUT2D eigenvalue weighted by Crippen LogP contribution is -2.26. The van der Waals surface area contributed by atoms with Crippen molar-refractivity contribution in [3.05, 3.63) is 16.3 Å². The molecule has 0 saturated carbocycles. The van der Waals surface area contributed by atoms with Crippen molar-refractivity contribution in [2.24, 2.45) is 5.84 Å². The van der Waals surface area contributed by atoms with Gasteiger partial charge in [-0.3, -0.25) is 15.5 Å². The molecule has 1 aromatic rings. The Morgan fingerprint density at radius 2 is 2.32 bits per heavy atom. The molecule has 1 aromatic heterocycles. The van der Waals surface area contributed by atoms with Crippen LogP contribution in [-0.4, -0.2) is 41.2 Å². The Morgan fingerprint density at radius 3 is 2.84 bits per heavy atom. The van der Waals surface area contributed by atoms with Crippen LogP contribution in [0.5, 0.6) is 0 Å². The number of rotatable bonds is 7. The molecule has 9 heteroatoms. The van der Waals surface area contributed by atoms with Gasteiger partial charge in [0.1, 0.15) is 6.20 Å². The molecule has 3 N–H and O–H groups in total. The molecule has 1 rings (SSSR count). The van der Waals surface area contributed by atoms with Crippen molar-refractivity contribution in [1.82, 2.24) is 9.97 Å². The van der Waals surface area contributed by atoms with Crippen molar-refractivity contribution < 1.29 is 9.66 Å². The second-order valence-electron chi connectivity index (χ2n) is 4.15. The summed E-state index contributed by atoms with van der Waals surface area (Å²) in [5.74, 6) is 5.51. The average Bonchev–Trinajstić information content (AvgIpc) is 2.37. The first-order chi connectivity index (χ1) is 8.95. The maximum Gasteiger partial charge on any atom is 0.329 e. The predicted octanol–water partition coefficient (Wildman–Crippen LogP) is 0.532. The minimum Gasteiger partial charge on any atom is -0.377 e. The van der Waals surface area contributed by atoms with Crippen LogP contribution in [0.4, 0.5) is 17.5 Å². The van der Waals surface area contributed by atoms with Gasteiger partial charge in [0.05, 0.1) is 17.6 Å². The normalized spacial score (nSPS) is 10.6. The monoisotopic (exact) mass is 270 g/mol. The van der Waals surface area contributed by atoms with Crippen molar-refractivity contribution in [2.45, 2.75) is 20.0 Å². The smallest absolute Gasteiger partial charge is 0.329 e. The zero-order chi connectivity index (χ0) is 14.4. The highest BCUT2D eigenvalue weighted by Crippen LogP contribution is 2.24. The van der Waals surface area contributed by atoms with Crippen molar-refractivity contribution >= 4 is 17.5 Å². The highest BCUT2D eigenvalue weighted by atomic mass is 16.6. The van der Waals surface area contributed by atoms with Gasteiger partial charge in [-0.15, -0.1) is 0 Å². The van der Waals surface area contributed by atoms with Gasteiger partial charge >= 0.3 is 5.69 Å². The third-order valence-electron chi connectivity index (χ3n) is 2.32. The summed E-state index contributed by atoms with van der Waals surface area (Å²) in [7, 11) is 1.69. The van der Waals surface area contributed by atoms with Gasteiger partial charge in [0.2, 0.25) is 11.8 Å². The van der Waals surface area contributed by atoms with E-state index >= 15 is 0 Å². The van der Waals surface area contributed by atoms with E-state index in [1.807, 2.05) is 13.8 Å². The van der Waals surface area contributed by atoms with Crippen molar-refractivity contribution in [1.29, 1.82) is 0 Å². The highest BCUT2D eigenvalue weighted by molar-refractivity contribution is 5.58. The molecule has 106 valence electrons. The molecule has 0 unspecified atom stereocenters. The van der Waals surface area contributed by atoms with Gasteiger partial charge in [-0.2, -0.15) is 4.98 Å². The van der Waals surface area contributed by atoms with Crippen molar-refractivity contribution in [3.63, 3.8) is 0 Å². The van der Waals surface area contributed by atoms with E-state index in [0.29, 0.717) is 13.2 Å². The Morgan fingerprint density at radius 1 is 1.63 bits per heavy atom. The Balaban J connectivity index is 2.86. The van der Waals surface area contributed by atoms with E-state index in [1.165, 1.54) is 0 Å². The lowest BCUT2D eigenvalue weighted by atomic mass is 10.4. The molecule has 0 spiro atoms. The summed E-state index contributed by atoms with van der Waals surface area (Å²) in [6.45, 7) is 4.76. The van der Waals surface area contributed by atoms with Crippen LogP contribution in [0.15, 0.2) is 6.20 Å². The Kier molecular flexibility index (Phi) is 5.39. The molecular formula is C10H18N6O3. The summed E-state index contributed by atoms with van der Waals surface area (Å²) in [6.07, 6.45) is 1.23. The minimum atomic E-state index is -0.532. The molecule has 9 nitrogen and oxygen atoms in total. The average molecular weight is 270 g/mol. The summed E-state index contributed by atoms with van der Waals surface area (Å²) in [4.78, 5) is 19.7. The zero-order valence-corrected chi connectivity index (χ0v) is 11.2. The van der Waals surface area contributed by atoms with E-state index in [9.17, 15) is 10.1 Å². The van der Waals surface area contributed by atoms with Gasteiger partial charge in [0.25, 0.3) is 0 Å².